The summed E-state index contributed by atoms with van der Waals surface area (Å²) in [6, 6.07) is 13.2. The van der Waals surface area contributed by atoms with Crippen LogP contribution in [0.25, 0.3) is 11.3 Å². The number of nitrogens with one attached hydrogen (secondary N) is 2. The van der Waals surface area contributed by atoms with Crippen molar-refractivity contribution in [2.24, 2.45) is 7.05 Å². The summed E-state index contributed by atoms with van der Waals surface area (Å²) in [6.07, 6.45) is 0.283. The fourth-order valence-electron chi connectivity index (χ4n) is 1.80. The van der Waals surface area contributed by atoms with Gasteiger partial charge >= 0.3 is 6.03 Å². The second kappa shape index (κ2) is 6.38. The molecule has 1 heterocycles. The highest BCUT2D eigenvalue weighted by Gasteiger charge is 2.09. The summed E-state index contributed by atoms with van der Waals surface area (Å²) < 4.78 is 1.71. The summed E-state index contributed by atoms with van der Waals surface area (Å²) >= 11 is 0. The Kier molecular flexibility index (Phi) is 4.35. The molecule has 0 fully saturated rings. The lowest BCUT2D eigenvalue weighted by Gasteiger charge is -2.02. The number of aryl methyl sites for hydroxylation is 1. The van der Waals surface area contributed by atoms with E-state index in [-0.39, 0.29) is 12.5 Å². The Morgan fingerprint density at radius 3 is 2.85 bits per heavy atom. The van der Waals surface area contributed by atoms with Gasteiger partial charge in [-0.05, 0) is 5.56 Å². The van der Waals surface area contributed by atoms with Gasteiger partial charge < -0.3 is 5.32 Å². The number of urea groups is 1. The van der Waals surface area contributed by atoms with Gasteiger partial charge in [0, 0.05) is 19.7 Å². The molecule has 1 aromatic heterocycles. The van der Waals surface area contributed by atoms with Gasteiger partial charge in [0.15, 0.2) is 5.82 Å². The predicted molar refractivity (Wildman–Crippen MR) is 75.9 cm³/mol. The van der Waals surface area contributed by atoms with E-state index < -0.39 is 0 Å². The molecular formula is C14H15N5O. The van der Waals surface area contributed by atoms with E-state index in [0.717, 1.165) is 11.3 Å². The summed E-state index contributed by atoms with van der Waals surface area (Å²) in [5.41, 5.74) is 1.94. The number of anilines is 1. The molecule has 2 rings (SSSR count). The first kappa shape index (κ1) is 13.6. The molecule has 2 aromatic rings. The fraction of sp³-hybridized carbons (Fsp3) is 0.214. The van der Waals surface area contributed by atoms with Crippen molar-refractivity contribution >= 4 is 11.8 Å². The SMILES string of the molecule is Cn1nc(NC(=O)NCCC#N)cc1-c1ccccc1. The molecule has 6 nitrogen and oxygen atoms in total. The zero-order valence-corrected chi connectivity index (χ0v) is 11.1. The lowest BCUT2D eigenvalue weighted by molar-refractivity contribution is 0.252. The maximum atomic E-state index is 11.6. The van der Waals surface area contributed by atoms with Crippen LogP contribution in [0.3, 0.4) is 0 Å². The maximum Gasteiger partial charge on any atom is 0.320 e. The first-order valence-corrected chi connectivity index (χ1v) is 6.22. The zero-order valence-electron chi connectivity index (χ0n) is 11.1. The van der Waals surface area contributed by atoms with Crippen LogP contribution >= 0.6 is 0 Å². The van der Waals surface area contributed by atoms with E-state index in [1.165, 1.54) is 0 Å². The van der Waals surface area contributed by atoms with Crippen molar-refractivity contribution in [1.82, 2.24) is 15.1 Å². The van der Waals surface area contributed by atoms with Crippen LogP contribution in [0.2, 0.25) is 0 Å². The number of carbonyl (C=O) groups is 1. The van der Waals surface area contributed by atoms with Gasteiger partial charge in [-0.1, -0.05) is 30.3 Å². The number of amides is 2. The van der Waals surface area contributed by atoms with E-state index in [2.05, 4.69) is 15.7 Å². The van der Waals surface area contributed by atoms with Crippen molar-refractivity contribution in [1.29, 1.82) is 5.26 Å². The minimum absolute atomic E-state index is 0.283. The molecule has 0 aliphatic heterocycles. The van der Waals surface area contributed by atoms with Gasteiger partial charge in [-0.15, -0.1) is 0 Å². The van der Waals surface area contributed by atoms with Gasteiger partial charge in [-0.25, -0.2) is 4.79 Å². The van der Waals surface area contributed by atoms with Gasteiger partial charge in [0.2, 0.25) is 0 Å². The first-order chi connectivity index (χ1) is 9.70. The third kappa shape index (κ3) is 3.36. The quantitative estimate of drug-likeness (QED) is 0.834. The third-order valence-electron chi connectivity index (χ3n) is 2.71. The molecule has 20 heavy (non-hydrogen) atoms. The second-order valence-corrected chi connectivity index (χ2v) is 4.19. The minimum Gasteiger partial charge on any atom is -0.337 e. The molecule has 0 bridgehead atoms. The van der Waals surface area contributed by atoms with Crippen LogP contribution in [0.5, 0.6) is 0 Å². The molecule has 0 saturated heterocycles. The molecule has 2 amide bonds. The number of carbonyl (C=O) groups excluding carboxylic acids is 1. The van der Waals surface area contributed by atoms with E-state index in [1.807, 2.05) is 43.4 Å². The van der Waals surface area contributed by atoms with Crippen LogP contribution in [0.4, 0.5) is 10.6 Å². The highest BCUT2D eigenvalue weighted by atomic mass is 16.2. The van der Waals surface area contributed by atoms with Crippen molar-refractivity contribution in [3.05, 3.63) is 36.4 Å². The largest absolute Gasteiger partial charge is 0.337 e. The van der Waals surface area contributed by atoms with Crippen molar-refractivity contribution in [2.45, 2.75) is 6.42 Å². The molecule has 0 atom stereocenters. The first-order valence-electron chi connectivity index (χ1n) is 6.22. The molecular weight excluding hydrogens is 254 g/mol. The average Bonchev–Trinajstić information content (AvgIpc) is 2.81. The third-order valence-corrected chi connectivity index (χ3v) is 2.71. The summed E-state index contributed by atoms with van der Waals surface area (Å²) in [5, 5.41) is 17.9. The highest BCUT2D eigenvalue weighted by Crippen LogP contribution is 2.21. The minimum atomic E-state index is -0.363. The van der Waals surface area contributed by atoms with Crippen molar-refractivity contribution in [3.63, 3.8) is 0 Å². The Hall–Kier alpha value is -2.81. The Morgan fingerprint density at radius 2 is 2.15 bits per heavy atom. The van der Waals surface area contributed by atoms with Crippen molar-refractivity contribution < 1.29 is 4.79 Å². The summed E-state index contributed by atoms with van der Waals surface area (Å²) in [7, 11) is 1.82. The summed E-state index contributed by atoms with van der Waals surface area (Å²) in [4.78, 5) is 11.6. The molecule has 0 aliphatic rings. The van der Waals surface area contributed by atoms with E-state index in [1.54, 1.807) is 10.7 Å². The van der Waals surface area contributed by atoms with E-state index in [9.17, 15) is 4.79 Å². The van der Waals surface area contributed by atoms with Crippen LogP contribution in [0, 0.1) is 11.3 Å². The maximum absolute atomic E-state index is 11.6. The Morgan fingerprint density at radius 1 is 1.40 bits per heavy atom. The van der Waals surface area contributed by atoms with E-state index in [4.69, 9.17) is 5.26 Å². The number of nitriles is 1. The molecule has 0 radical (unpaired) electrons. The number of benzene rings is 1. The van der Waals surface area contributed by atoms with E-state index in [0.29, 0.717) is 12.4 Å². The standard InChI is InChI=1S/C14H15N5O/c1-19-12(11-6-3-2-4-7-11)10-13(18-19)17-14(20)16-9-5-8-15/h2-4,6-7,10H,5,9H2,1H3,(H2,16,17,18,20). The van der Waals surface area contributed by atoms with Gasteiger partial charge in [-0.3, -0.25) is 10.00 Å². The van der Waals surface area contributed by atoms with Crippen LogP contribution in [0.1, 0.15) is 6.42 Å². The monoisotopic (exact) mass is 269 g/mol. The second-order valence-electron chi connectivity index (χ2n) is 4.19. The van der Waals surface area contributed by atoms with Gasteiger partial charge in [0.05, 0.1) is 18.2 Å². The molecule has 0 unspecified atom stereocenters. The molecule has 2 N–H and O–H groups in total. The molecule has 102 valence electrons. The number of rotatable bonds is 4. The van der Waals surface area contributed by atoms with Crippen molar-refractivity contribution in [3.8, 4) is 17.3 Å². The Labute approximate surface area is 117 Å². The number of hydrogen-bond donors (Lipinski definition) is 2. The van der Waals surface area contributed by atoms with E-state index >= 15 is 0 Å². The lowest BCUT2D eigenvalue weighted by Crippen LogP contribution is -2.29. The molecule has 0 spiro atoms. The Bertz CT molecular complexity index is 627. The fourth-order valence-corrected chi connectivity index (χ4v) is 1.80. The normalized spacial score (nSPS) is 9.80. The number of hydrogen-bond acceptors (Lipinski definition) is 3. The Balaban J connectivity index is 2.05. The molecule has 6 heteroatoms. The topological polar surface area (TPSA) is 82.7 Å². The van der Waals surface area contributed by atoms with Gasteiger partial charge in [0.25, 0.3) is 0 Å². The summed E-state index contributed by atoms with van der Waals surface area (Å²) in [6.45, 7) is 0.320. The highest BCUT2D eigenvalue weighted by molar-refractivity contribution is 5.88. The number of nitrogens with zero attached hydrogens (tertiary/aromatic N) is 3. The van der Waals surface area contributed by atoms with Crippen LogP contribution in [-0.2, 0) is 7.05 Å². The smallest absolute Gasteiger partial charge is 0.320 e. The van der Waals surface area contributed by atoms with Crippen LogP contribution in [0.15, 0.2) is 36.4 Å². The lowest BCUT2D eigenvalue weighted by atomic mass is 10.1. The molecule has 1 aromatic carbocycles. The number of aromatic nitrogens is 2. The van der Waals surface area contributed by atoms with Gasteiger partial charge in [-0.2, -0.15) is 10.4 Å². The summed E-state index contributed by atoms with van der Waals surface area (Å²) in [5.74, 6) is 0.473. The van der Waals surface area contributed by atoms with Crippen molar-refractivity contribution in [2.75, 3.05) is 11.9 Å². The molecule has 0 saturated carbocycles. The van der Waals surface area contributed by atoms with Crippen LogP contribution < -0.4 is 10.6 Å². The molecule has 0 aliphatic carbocycles. The predicted octanol–water partition coefficient (Wildman–Crippen LogP) is 2.12. The van der Waals surface area contributed by atoms with Crippen LogP contribution in [-0.4, -0.2) is 22.4 Å². The average molecular weight is 269 g/mol. The zero-order chi connectivity index (χ0) is 14.4. The van der Waals surface area contributed by atoms with Gasteiger partial charge in [0.1, 0.15) is 0 Å².